The topological polar surface area (TPSA) is 52.6 Å². The molecule has 0 saturated heterocycles. The second-order valence-corrected chi connectivity index (χ2v) is 5.98. The highest BCUT2D eigenvalue weighted by Crippen LogP contribution is 2.38. The minimum absolute atomic E-state index is 0.375. The maximum absolute atomic E-state index is 11.5. The number of carbonyl (C=O) groups excluding carboxylic acids is 1. The standard InChI is InChI=1S/C16H15BrN2O2/c1-19(9-10-5-3-2-4-6-10)14-8-13-11(7-12(14)17)15(20)16(21)18-13/h2-8,15,20H,9H2,1H3,(H,18,21). The first-order valence-electron chi connectivity index (χ1n) is 6.63. The molecule has 0 bridgehead atoms. The van der Waals surface area contributed by atoms with Gasteiger partial charge < -0.3 is 15.3 Å². The second kappa shape index (κ2) is 5.50. The van der Waals surface area contributed by atoms with Crippen LogP contribution in [0.2, 0.25) is 0 Å². The average molecular weight is 347 g/mol. The van der Waals surface area contributed by atoms with E-state index in [2.05, 4.69) is 38.3 Å². The van der Waals surface area contributed by atoms with Gasteiger partial charge in [-0.25, -0.2) is 0 Å². The quantitative estimate of drug-likeness (QED) is 0.897. The predicted octanol–water partition coefficient (Wildman–Crippen LogP) is 3.07. The molecule has 0 aliphatic carbocycles. The van der Waals surface area contributed by atoms with Crippen molar-refractivity contribution in [2.45, 2.75) is 12.6 Å². The summed E-state index contributed by atoms with van der Waals surface area (Å²) in [5.41, 5.74) is 3.46. The Kier molecular flexibility index (Phi) is 3.69. The summed E-state index contributed by atoms with van der Waals surface area (Å²) in [5.74, 6) is -0.375. The van der Waals surface area contributed by atoms with Gasteiger partial charge in [-0.2, -0.15) is 0 Å². The largest absolute Gasteiger partial charge is 0.378 e. The third kappa shape index (κ3) is 2.66. The first-order chi connectivity index (χ1) is 10.1. The van der Waals surface area contributed by atoms with Crippen molar-refractivity contribution in [3.63, 3.8) is 0 Å². The third-order valence-electron chi connectivity index (χ3n) is 3.59. The van der Waals surface area contributed by atoms with Crippen LogP contribution < -0.4 is 10.2 Å². The smallest absolute Gasteiger partial charge is 0.257 e. The summed E-state index contributed by atoms with van der Waals surface area (Å²) in [6.45, 7) is 0.759. The summed E-state index contributed by atoms with van der Waals surface area (Å²) in [6.07, 6.45) is -1.08. The first-order valence-corrected chi connectivity index (χ1v) is 7.43. The van der Waals surface area contributed by atoms with Crippen molar-refractivity contribution in [2.75, 3.05) is 17.3 Å². The lowest BCUT2D eigenvalue weighted by atomic mass is 10.1. The monoisotopic (exact) mass is 346 g/mol. The van der Waals surface area contributed by atoms with Crippen LogP contribution in [0.5, 0.6) is 0 Å². The Bertz CT molecular complexity index is 688. The molecule has 5 heteroatoms. The summed E-state index contributed by atoms with van der Waals surface area (Å²) in [6, 6.07) is 13.8. The molecule has 0 aromatic heterocycles. The highest BCUT2D eigenvalue weighted by Gasteiger charge is 2.29. The molecule has 0 radical (unpaired) electrons. The van der Waals surface area contributed by atoms with E-state index in [9.17, 15) is 9.90 Å². The zero-order valence-corrected chi connectivity index (χ0v) is 13.1. The van der Waals surface area contributed by atoms with Gasteiger partial charge >= 0.3 is 0 Å². The van der Waals surface area contributed by atoms with Gasteiger partial charge in [0.2, 0.25) is 0 Å². The molecule has 0 spiro atoms. The zero-order valence-electron chi connectivity index (χ0n) is 11.5. The Balaban J connectivity index is 1.90. The van der Waals surface area contributed by atoms with E-state index in [4.69, 9.17) is 0 Å². The number of nitrogens with one attached hydrogen (secondary N) is 1. The first kappa shape index (κ1) is 14.1. The van der Waals surface area contributed by atoms with E-state index < -0.39 is 6.10 Å². The van der Waals surface area contributed by atoms with E-state index in [1.54, 1.807) is 6.07 Å². The van der Waals surface area contributed by atoms with Crippen LogP contribution in [0.25, 0.3) is 0 Å². The minimum Gasteiger partial charge on any atom is -0.378 e. The Labute approximate surface area is 131 Å². The van der Waals surface area contributed by atoms with Gasteiger partial charge in [0.15, 0.2) is 6.10 Å². The van der Waals surface area contributed by atoms with Crippen LogP contribution in [-0.4, -0.2) is 18.1 Å². The summed E-state index contributed by atoms with van der Waals surface area (Å²) in [4.78, 5) is 13.6. The third-order valence-corrected chi connectivity index (χ3v) is 4.23. The van der Waals surface area contributed by atoms with Crippen LogP contribution in [0.3, 0.4) is 0 Å². The normalized spacial score (nSPS) is 16.5. The van der Waals surface area contributed by atoms with Crippen LogP contribution in [0.15, 0.2) is 46.9 Å². The maximum atomic E-state index is 11.5. The van der Waals surface area contributed by atoms with Crippen LogP contribution in [0.4, 0.5) is 11.4 Å². The Morgan fingerprint density at radius 2 is 2.00 bits per heavy atom. The van der Waals surface area contributed by atoms with Gasteiger partial charge in [-0.1, -0.05) is 30.3 Å². The van der Waals surface area contributed by atoms with Crippen molar-refractivity contribution in [2.24, 2.45) is 0 Å². The molecule has 4 nitrogen and oxygen atoms in total. The lowest BCUT2D eigenvalue weighted by Gasteiger charge is -2.22. The maximum Gasteiger partial charge on any atom is 0.257 e. The van der Waals surface area contributed by atoms with Gasteiger partial charge in [0.05, 0.1) is 5.69 Å². The van der Waals surface area contributed by atoms with Crippen LogP contribution in [0, 0.1) is 0 Å². The number of fused-ring (bicyclic) bond motifs is 1. The van der Waals surface area contributed by atoms with Crippen LogP contribution in [0.1, 0.15) is 17.2 Å². The van der Waals surface area contributed by atoms with Gasteiger partial charge in [-0.15, -0.1) is 0 Å². The fourth-order valence-corrected chi connectivity index (χ4v) is 3.15. The van der Waals surface area contributed by atoms with Gasteiger partial charge in [-0.3, -0.25) is 4.79 Å². The molecule has 1 heterocycles. The molecular formula is C16H15BrN2O2. The van der Waals surface area contributed by atoms with Gasteiger partial charge in [-0.05, 0) is 33.6 Å². The Morgan fingerprint density at radius 3 is 2.71 bits per heavy atom. The van der Waals surface area contributed by atoms with Crippen molar-refractivity contribution >= 4 is 33.2 Å². The fourth-order valence-electron chi connectivity index (χ4n) is 2.49. The number of hydrogen-bond donors (Lipinski definition) is 2. The number of hydrogen-bond acceptors (Lipinski definition) is 3. The summed E-state index contributed by atoms with van der Waals surface area (Å²) in [5, 5.41) is 12.5. The number of aliphatic hydroxyl groups excluding tert-OH is 1. The number of nitrogens with zero attached hydrogens (tertiary/aromatic N) is 1. The van der Waals surface area contributed by atoms with Crippen LogP contribution >= 0.6 is 15.9 Å². The fraction of sp³-hybridized carbons (Fsp3) is 0.188. The molecule has 2 N–H and O–H groups in total. The molecule has 108 valence electrons. The second-order valence-electron chi connectivity index (χ2n) is 5.12. The number of benzene rings is 2. The molecule has 0 saturated carbocycles. The molecule has 0 fully saturated rings. The molecule has 2 aromatic rings. The number of amides is 1. The number of anilines is 2. The van der Waals surface area contributed by atoms with Gasteiger partial charge in [0.25, 0.3) is 5.91 Å². The highest BCUT2D eigenvalue weighted by molar-refractivity contribution is 9.10. The van der Waals surface area contributed by atoms with Crippen molar-refractivity contribution in [3.05, 3.63) is 58.1 Å². The number of carbonyl (C=O) groups is 1. The number of aliphatic hydroxyl groups is 1. The lowest BCUT2D eigenvalue weighted by Crippen LogP contribution is -2.17. The zero-order chi connectivity index (χ0) is 15.0. The molecule has 1 atom stereocenters. The van der Waals surface area contributed by atoms with E-state index in [1.165, 1.54) is 5.56 Å². The predicted molar refractivity (Wildman–Crippen MR) is 86.3 cm³/mol. The van der Waals surface area contributed by atoms with E-state index in [0.717, 1.165) is 16.7 Å². The molecule has 1 aliphatic heterocycles. The van der Waals surface area contributed by atoms with Crippen LogP contribution in [-0.2, 0) is 11.3 Å². The van der Waals surface area contributed by atoms with Crippen molar-refractivity contribution < 1.29 is 9.90 Å². The summed E-state index contributed by atoms with van der Waals surface area (Å²) < 4.78 is 0.857. The lowest BCUT2D eigenvalue weighted by molar-refractivity contribution is -0.123. The van der Waals surface area contributed by atoms with Crippen molar-refractivity contribution in [3.8, 4) is 0 Å². The minimum atomic E-state index is -1.08. The molecule has 1 amide bonds. The molecule has 2 aromatic carbocycles. The molecule has 3 rings (SSSR count). The van der Waals surface area contributed by atoms with Gasteiger partial charge in [0.1, 0.15) is 0 Å². The van der Waals surface area contributed by atoms with Crippen molar-refractivity contribution in [1.82, 2.24) is 0 Å². The number of rotatable bonds is 3. The van der Waals surface area contributed by atoms with E-state index >= 15 is 0 Å². The molecule has 1 aliphatic rings. The highest BCUT2D eigenvalue weighted by atomic mass is 79.9. The Hall–Kier alpha value is -1.85. The SMILES string of the molecule is CN(Cc1ccccc1)c1cc2c(cc1Br)C(O)C(=O)N2. The van der Waals surface area contributed by atoms with E-state index in [0.29, 0.717) is 11.3 Å². The number of halogens is 1. The average Bonchev–Trinajstić information content (AvgIpc) is 2.74. The Morgan fingerprint density at radius 1 is 1.29 bits per heavy atom. The van der Waals surface area contributed by atoms with Crippen molar-refractivity contribution in [1.29, 1.82) is 0 Å². The summed E-state index contributed by atoms with van der Waals surface area (Å²) >= 11 is 3.52. The molecular weight excluding hydrogens is 332 g/mol. The van der Waals surface area contributed by atoms with E-state index in [-0.39, 0.29) is 5.91 Å². The van der Waals surface area contributed by atoms with E-state index in [1.807, 2.05) is 31.3 Å². The molecule has 21 heavy (non-hydrogen) atoms. The summed E-state index contributed by atoms with van der Waals surface area (Å²) in [7, 11) is 1.99. The van der Waals surface area contributed by atoms with Gasteiger partial charge in [0, 0.05) is 29.3 Å². The molecule has 1 unspecified atom stereocenters.